The van der Waals surface area contributed by atoms with Crippen molar-refractivity contribution in [3.05, 3.63) is 71.8 Å². The zero-order valence-electron chi connectivity index (χ0n) is 23.0. The second kappa shape index (κ2) is 10.6. The van der Waals surface area contributed by atoms with Crippen molar-refractivity contribution in [2.75, 3.05) is 0 Å². The van der Waals surface area contributed by atoms with Crippen LogP contribution in [0.1, 0.15) is 90.5 Å². The van der Waals surface area contributed by atoms with E-state index in [4.69, 9.17) is 14.0 Å². The Morgan fingerprint density at radius 2 is 1.43 bits per heavy atom. The molecule has 0 N–H and O–H groups in total. The Bertz CT molecular complexity index is 1070. The SMILES string of the molecule is CC[C@]1(CCCCB2OC(C)(C)C(C)(C)O2)C(=O)O[C@@H](c2ccccc2)[C@@H](c2ccccc2)N1C(C)=O. The first-order valence-corrected chi connectivity index (χ1v) is 13.5. The maximum Gasteiger partial charge on any atom is 0.457 e. The molecule has 2 aliphatic rings. The zero-order valence-corrected chi connectivity index (χ0v) is 23.0. The molecule has 0 radical (unpaired) electrons. The summed E-state index contributed by atoms with van der Waals surface area (Å²) in [6, 6.07) is 19.2. The molecular weight excluding hydrogens is 465 g/mol. The molecule has 2 saturated heterocycles. The molecule has 1 amide bonds. The lowest BCUT2D eigenvalue weighted by molar-refractivity contribution is -0.196. The van der Waals surface area contributed by atoms with Gasteiger partial charge < -0.3 is 18.9 Å². The lowest BCUT2D eigenvalue weighted by atomic mass is 9.78. The molecule has 2 fully saturated rings. The molecule has 37 heavy (non-hydrogen) atoms. The van der Waals surface area contributed by atoms with E-state index in [0.29, 0.717) is 12.8 Å². The van der Waals surface area contributed by atoms with Gasteiger partial charge in [-0.2, -0.15) is 0 Å². The van der Waals surface area contributed by atoms with Crippen LogP contribution in [0.4, 0.5) is 0 Å². The van der Waals surface area contributed by atoms with Crippen LogP contribution >= 0.6 is 0 Å². The number of nitrogens with zero attached hydrogens (tertiary/aromatic N) is 1. The summed E-state index contributed by atoms with van der Waals surface area (Å²) >= 11 is 0. The molecule has 4 rings (SSSR count). The predicted molar refractivity (Wildman–Crippen MR) is 145 cm³/mol. The highest BCUT2D eigenvalue weighted by Gasteiger charge is 2.56. The fourth-order valence-corrected chi connectivity index (χ4v) is 5.68. The number of amides is 1. The Hall–Kier alpha value is -2.64. The van der Waals surface area contributed by atoms with E-state index in [1.165, 1.54) is 0 Å². The average molecular weight is 505 g/mol. The summed E-state index contributed by atoms with van der Waals surface area (Å²) in [5.74, 6) is -0.457. The minimum absolute atomic E-state index is 0.126. The van der Waals surface area contributed by atoms with Crippen molar-refractivity contribution in [2.24, 2.45) is 0 Å². The van der Waals surface area contributed by atoms with Gasteiger partial charge in [0, 0.05) is 6.92 Å². The largest absolute Gasteiger partial charge is 0.457 e. The molecular formula is C30H40BNO5. The molecule has 2 aliphatic heterocycles. The average Bonchev–Trinajstić information content (AvgIpc) is 3.08. The van der Waals surface area contributed by atoms with Gasteiger partial charge in [-0.25, -0.2) is 4.79 Å². The van der Waals surface area contributed by atoms with Crippen LogP contribution in [0.3, 0.4) is 0 Å². The molecule has 0 bridgehead atoms. The van der Waals surface area contributed by atoms with E-state index in [2.05, 4.69) is 27.7 Å². The number of hydrogen-bond donors (Lipinski definition) is 0. The van der Waals surface area contributed by atoms with Crippen LogP contribution in [0, 0.1) is 0 Å². The monoisotopic (exact) mass is 505 g/mol. The Balaban J connectivity index is 1.59. The second-order valence-corrected chi connectivity index (χ2v) is 11.3. The van der Waals surface area contributed by atoms with Crippen LogP contribution in [0.2, 0.25) is 6.32 Å². The van der Waals surface area contributed by atoms with Gasteiger partial charge in [0.15, 0.2) is 6.10 Å². The molecule has 0 aromatic heterocycles. The summed E-state index contributed by atoms with van der Waals surface area (Å²) in [6.45, 7) is 11.7. The highest BCUT2D eigenvalue weighted by Crippen LogP contribution is 2.48. The molecule has 6 nitrogen and oxygen atoms in total. The lowest BCUT2D eigenvalue weighted by Gasteiger charge is -2.52. The Morgan fingerprint density at radius 1 is 0.892 bits per heavy atom. The third-order valence-corrected chi connectivity index (χ3v) is 8.42. The second-order valence-electron chi connectivity index (χ2n) is 11.3. The number of cyclic esters (lactones) is 1. The van der Waals surface area contributed by atoms with E-state index in [1.54, 1.807) is 11.8 Å². The Morgan fingerprint density at radius 3 is 1.95 bits per heavy atom. The maximum atomic E-state index is 13.8. The molecule has 2 aromatic rings. The first-order valence-electron chi connectivity index (χ1n) is 13.5. The molecule has 7 heteroatoms. The lowest BCUT2D eigenvalue weighted by Crippen LogP contribution is -2.63. The van der Waals surface area contributed by atoms with Gasteiger partial charge in [0.2, 0.25) is 5.91 Å². The molecule has 0 aliphatic carbocycles. The van der Waals surface area contributed by atoms with Crippen molar-refractivity contribution in [3.8, 4) is 0 Å². The first-order chi connectivity index (χ1) is 17.5. The van der Waals surface area contributed by atoms with Crippen molar-refractivity contribution in [3.63, 3.8) is 0 Å². The minimum Gasteiger partial charge on any atom is -0.453 e. The van der Waals surface area contributed by atoms with Crippen LogP contribution in [0.25, 0.3) is 0 Å². The fourth-order valence-electron chi connectivity index (χ4n) is 5.68. The van der Waals surface area contributed by atoms with Gasteiger partial charge in [0.1, 0.15) is 5.54 Å². The van der Waals surface area contributed by atoms with Gasteiger partial charge in [0.25, 0.3) is 0 Å². The number of carbonyl (C=O) groups excluding carboxylic acids is 2. The molecule has 3 atom stereocenters. The molecule has 0 spiro atoms. The van der Waals surface area contributed by atoms with Gasteiger partial charge >= 0.3 is 13.1 Å². The molecule has 2 heterocycles. The van der Waals surface area contributed by atoms with Crippen molar-refractivity contribution in [2.45, 2.75) is 102 Å². The van der Waals surface area contributed by atoms with Gasteiger partial charge in [-0.15, -0.1) is 0 Å². The number of hydrogen-bond acceptors (Lipinski definition) is 5. The number of rotatable bonds is 8. The summed E-state index contributed by atoms with van der Waals surface area (Å²) in [5, 5.41) is 0. The number of ether oxygens (including phenoxy) is 1. The van der Waals surface area contributed by atoms with Gasteiger partial charge in [-0.3, -0.25) is 4.79 Å². The number of unbranched alkanes of at least 4 members (excludes halogenated alkanes) is 1. The van der Waals surface area contributed by atoms with Crippen LogP contribution in [0.15, 0.2) is 60.7 Å². The smallest absolute Gasteiger partial charge is 0.453 e. The van der Waals surface area contributed by atoms with Crippen molar-refractivity contribution >= 4 is 19.0 Å². The molecule has 0 saturated carbocycles. The Labute approximate surface area is 221 Å². The molecule has 2 aromatic carbocycles. The standard InChI is InChI=1S/C30H40BNO5/c1-7-30(20-14-15-21-31-36-28(3,4)29(5,6)37-31)27(34)35-26(24-18-12-9-13-19-24)25(32(30)22(2)33)23-16-10-8-11-17-23/h8-13,16-19,25-26H,7,14-15,20-21H2,1-6H3/t25-,26+,30+/m1/s1. The maximum absolute atomic E-state index is 13.8. The van der Waals surface area contributed by atoms with Gasteiger partial charge in [-0.1, -0.05) is 80.4 Å². The van der Waals surface area contributed by atoms with E-state index in [-0.39, 0.29) is 30.2 Å². The third kappa shape index (κ3) is 5.21. The molecule has 198 valence electrons. The van der Waals surface area contributed by atoms with E-state index in [1.807, 2.05) is 67.6 Å². The van der Waals surface area contributed by atoms with Gasteiger partial charge in [-0.05, 0) is 58.0 Å². The zero-order chi connectivity index (χ0) is 26.8. The topological polar surface area (TPSA) is 65.1 Å². The van der Waals surface area contributed by atoms with Crippen LogP contribution < -0.4 is 0 Å². The van der Waals surface area contributed by atoms with E-state index in [0.717, 1.165) is 30.3 Å². The van der Waals surface area contributed by atoms with Gasteiger partial charge in [0.05, 0.1) is 17.2 Å². The van der Waals surface area contributed by atoms with Crippen molar-refractivity contribution in [1.29, 1.82) is 0 Å². The summed E-state index contributed by atoms with van der Waals surface area (Å²) in [4.78, 5) is 28.9. The summed E-state index contributed by atoms with van der Waals surface area (Å²) in [7, 11) is -0.274. The minimum atomic E-state index is -1.03. The number of esters is 1. The summed E-state index contributed by atoms with van der Waals surface area (Å²) in [6.07, 6.45) is 2.71. The summed E-state index contributed by atoms with van der Waals surface area (Å²) in [5.41, 5.74) is 0.0654. The normalized spacial score (nSPS) is 26.7. The van der Waals surface area contributed by atoms with Crippen LogP contribution in [-0.2, 0) is 23.6 Å². The quantitative estimate of drug-likeness (QED) is 0.240. The first kappa shape index (κ1) is 27.4. The van der Waals surface area contributed by atoms with Crippen molar-refractivity contribution in [1.82, 2.24) is 4.90 Å². The summed E-state index contributed by atoms with van der Waals surface area (Å²) < 4.78 is 18.5. The van der Waals surface area contributed by atoms with Crippen LogP contribution in [-0.4, -0.2) is 40.6 Å². The van der Waals surface area contributed by atoms with Crippen molar-refractivity contribution < 1.29 is 23.6 Å². The highest BCUT2D eigenvalue weighted by molar-refractivity contribution is 6.45. The van der Waals surface area contributed by atoms with E-state index >= 15 is 0 Å². The number of morpholine rings is 1. The third-order valence-electron chi connectivity index (χ3n) is 8.42. The van der Waals surface area contributed by atoms with Crippen LogP contribution in [0.5, 0.6) is 0 Å². The Kier molecular flexibility index (Phi) is 7.87. The number of benzene rings is 2. The molecule has 0 unspecified atom stereocenters. The fraction of sp³-hybridized carbons (Fsp3) is 0.533. The number of carbonyl (C=O) groups is 2. The predicted octanol–water partition coefficient (Wildman–Crippen LogP) is 6.29. The highest BCUT2D eigenvalue weighted by atomic mass is 16.7. The van der Waals surface area contributed by atoms with E-state index in [9.17, 15) is 9.59 Å². The van der Waals surface area contributed by atoms with E-state index < -0.39 is 17.7 Å².